The Morgan fingerprint density at radius 3 is 2.56 bits per heavy atom. The minimum absolute atomic E-state index is 0.500. The third-order valence-electron chi connectivity index (χ3n) is 4.20. The topological polar surface area (TPSA) is 26.0 Å². The van der Waals surface area contributed by atoms with Gasteiger partial charge in [-0.25, -0.2) is 0 Å². The summed E-state index contributed by atoms with van der Waals surface area (Å²) in [5.74, 6) is 2.66. The molecule has 0 amide bonds. The molecule has 0 aliphatic heterocycles. The van der Waals surface area contributed by atoms with Crippen molar-refractivity contribution in [2.45, 2.75) is 78.2 Å². The molecular weight excluding hydrogens is 194 g/mol. The molecule has 16 heavy (non-hydrogen) atoms. The molecule has 1 aliphatic rings. The number of rotatable bonds is 6. The minimum atomic E-state index is 0.500. The predicted molar refractivity (Wildman–Crippen MR) is 72.4 cm³/mol. The lowest BCUT2D eigenvalue weighted by molar-refractivity contribution is 0.207. The van der Waals surface area contributed by atoms with Crippen molar-refractivity contribution < 1.29 is 0 Å². The molecule has 0 radical (unpaired) electrons. The monoisotopic (exact) mass is 225 g/mol. The SMILES string of the molecule is CCCC1CCC(N)C(CCCC(C)C)C1. The molecule has 1 nitrogen and oxygen atoms in total. The molecule has 96 valence electrons. The van der Waals surface area contributed by atoms with Crippen LogP contribution in [-0.2, 0) is 0 Å². The molecule has 0 aromatic heterocycles. The van der Waals surface area contributed by atoms with Gasteiger partial charge in [0.05, 0.1) is 0 Å². The zero-order chi connectivity index (χ0) is 12.0. The van der Waals surface area contributed by atoms with E-state index < -0.39 is 0 Å². The Kier molecular flexibility index (Phi) is 6.41. The van der Waals surface area contributed by atoms with Crippen LogP contribution in [-0.4, -0.2) is 6.04 Å². The van der Waals surface area contributed by atoms with Crippen molar-refractivity contribution in [3.05, 3.63) is 0 Å². The Bertz CT molecular complexity index is 176. The van der Waals surface area contributed by atoms with Crippen LogP contribution in [0.1, 0.15) is 72.1 Å². The standard InChI is InChI=1S/C15H31N/c1-4-6-13-9-10-15(16)14(11-13)8-5-7-12(2)3/h12-15H,4-11,16H2,1-3H3. The molecule has 1 saturated carbocycles. The quantitative estimate of drug-likeness (QED) is 0.714. The zero-order valence-corrected chi connectivity index (χ0v) is 11.5. The van der Waals surface area contributed by atoms with E-state index in [1.165, 1.54) is 51.4 Å². The van der Waals surface area contributed by atoms with Crippen LogP contribution < -0.4 is 5.73 Å². The van der Waals surface area contributed by atoms with Gasteiger partial charge in [0.1, 0.15) is 0 Å². The molecular formula is C15H31N. The van der Waals surface area contributed by atoms with Crippen LogP contribution in [0.25, 0.3) is 0 Å². The third-order valence-corrected chi connectivity index (χ3v) is 4.20. The average Bonchev–Trinajstić information content (AvgIpc) is 2.22. The van der Waals surface area contributed by atoms with Crippen LogP contribution in [0.2, 0.25) is 0 Å². The highest BCUT2D eigenvalue weighted by Crippen LogP contribution is 2.34. The summed E-state index contributed by atoms with van der Waals surface area (Å²) in [5, 5.41) is 0. The summed E-state index contributed by atoms with van der Waals surface area (Å²) in [6.07, 6.45) is 11.0. The highest BCUT2D eigenvalue weighted by atomic mass is 14.7. The van der Waals surface area contributed by atoms with Crippen molar-refractivity contribution in [1.29, 1.82) is 0 Å². The van der Waals surface area contributed by atoms with E-state index in [-0.39, 0.29) is 0 Å². The van der Waals surface area contributed by atoms with Crippen molar-refractivity contribution in [2.75, 3.05) is 0 Å². The maximum atomic E-state index is 6.25. The van der Waals surface area contributed by atoms with Gasteiger partial charge >= 0.3 is 0 Å². The fraction of sp³-hybridized carbons (Fsp3) is 1.00. The second-order valence-electron chi connectivity index (χ2n) is 6.22. The first-order valence-corrected chi connectivity index (χ1v) is 7.39. The lowest BCUT2D eigenvalue weighted by atomic mass is 9.74. The van der Waals surface area contributed by atoms with E-state index in [0.717, 1.165) is 17.8 Å². The Morgan fingerprint density at radius 2 is 1.94 bits per heavy atom. The van der Waals surface area contributed by atoms with Gasteiger partial charge in [0, 0.05) is 6.04 Å². The number of nitrogens with two attached hydrogens (primary N) is 1. The van der Waals surface area contributed by atoms with E-state index >= 15 is 0 Å². The molecule has 3 unspecified atom stereocenters. The molecule has 1 rings (SSSR count). The second kappa shape index (κ2) is 7.32. The van der Waals surface area contributed by atoms with Crippen LogP contribution in [0, 0.1) is 17.8 Å². The molecule has 0 saturated heterocycles. The summed E-state index contributed by atoms with van der Waals surface area (Å²) in [5.41, 5.74) is 6.25. The molecule has 0 spiro atoms. The van der Waals surface area contributed by atoms with Gasteiger partial charge in [-0.2, -0.15) is 0 Å². The maximum Gasteiger partial charge on any atom is 0.00673 e. The Hall–Kier alpha value is -0.0400. The van der Waals surface area contributed by atoms with E-state index in [2.05, 4.69) is 20.8 Å². The molecule has 0 bridgehead atoms. The van der Waals surface area contributed by atoms with E-state index in [0.29, 0.717) is 6.04 Å². The molecule has 1 fully saturated rings. The maximum absolute atomic E-state index is 6.25. The van der Waals surface area contributed by atoms with Gasteiger partial charge in [0.2, 0.25) is 0 Å². The van der Waals surface area contributed by atoms with Crippen molar-refractivity contribution in [2.24, 2.45) is 23.5 Å². The summed E-state index contributed by atoms with van der Waals surface area (Å²) in [4.78, 5) is 0. The summed E-state index contributed by atoms with van der Waals surface area (Å²) < 4.78 is 0. The van der Waals surface area contributed by atoms with Gasteiger partial charge in [0.15, 0.2) is 0 Å². The van der Waals surface area contributed by atoms with E-state index in [4.69, 9.17) is 5.73 Å². The van der Waals surface area contributed by atoms with Gasteiger partial charge in [-0.15, -0.1) is 0 Å². The Balaban J connectivity index is 2.26. The highest BCUT2D eigenvalue weighted by Gasteiger charge is 2.27. The summed E-state index contributed by atoms with van der Waals surface area (Å²) in [7, 11) is 0. The van der Waals surface area contributed by atoms with Gasteiger partial charge in [0.25, 0.3) is 0 Å². The first-order valence-electron chi connectivity index (χ1n) is 7.39. The molecule has 0 aromatic carbocycles. The van der Waals surface area contributed by atoms with Gasteiger partial charge in [-0.05, 0) is 43.4 Å². The molecule has 1 aliphatic carbocycles. The fourth-order valence-electron chi connectivity index (χ4n) is 3.18. The first-order chi connectivity index (χ1) is 7.63. The summed E-state index contributed by atoms with van der Waals surface area (Å²) in [6, 6.07) is 0.500. The zero-order valence-electron chi connectivity index (χ0n) is 11.5. The first kappa shape index (κ1) is 14.0. The lowest BCUT2D eigenvalue weighted by Gasteiger charge is -2.34. The molecule has 0 heterocycles. The van der Waals surface area contributed by atoms with Crippen molar-refractivity contribution in [3.63, 3.8) is 0 Å². The second-order valence-corrected chi connectivity index (χ2v) is 6.22. The van der Waals surface area contributed by atoms with E-state index in [9.17, 15) is 0 Å². The number of hydrogen-bond donors (Lipinski definition) is 1. The van der Waals surface area contributed by atoms with Crippen LogP contribution >= 0.6 is 0 Å². The lowest BCUT2D eigenvalue weighted by Crippen LogP contribution is -2.36. The fourth-order valence-corrected chi connectivity index (χ4v) is 3.18. The molecule has 2 N–H and O–H groups in total. The van der Waals surface area contributed by atoms with E-state index in [1.54, 1.807) is 0 Å². The Morgan fingerprint density at radius 1 is 1.19 bits per heavy atom. The van der Waals surface area contributed by atoms with Crippen LogP contribution in [0.3, 0.4) is 0 Å². The number of hydrogen-bond acceptors (Lipinski definition) is 1. The Labute approximate surface area is 102 Å². The van der Waals surface area contributed by atoms with Gasteiger partial charge in [-0.1, -0.05) is 46.5 Å². The summed E-state index contributed by atoms with van der Waals surface area (Å²) >= 11 is 0. The van der Waals surface area contributed by atoms with Gasteiger partial charge in [-0.3, -0.25) is 0 Å². The molecule has 0 aromatic rings. The smallest absolute Gasteiger partial charge is 0.00673 e. The van der Waals surface area contributed by atoms with Crippen LogP contribution in [0.5, 0.6) is 0 Å². The summed E-state index contributed by atoms with van der Waals surface area (Å²) in [6.45, 7) is 6.95. The molecule has 3 atom stereocenters. The third kappa shape index (κ3) is 4.86. The highest BCUT2D eigenvalue weighted by molar-refractivity contribution is 4.82. The van der Waals surface area contributed by atoms with Crippen molar-refractivity contribution in [3.8, 4) is 0 Å². The van der Waals surface area contributed by atoms with Gasteiger partial charge < -0.3 is 5.73 Å². The van der Waals surface area contributed by atoms with E-state index in [1.807, 2.05) is 0 Å². The minimum Gasteiger partial charge on any atom is -0.327 e. The van der Waals surface area contributed by atoms with Crippen LogP contribution in [0.15, 0.2) is 0 Å². The van der Waals surface area contributed by atoms with Crippen LogP contribution in [0.4, 0.5) is 0 Å². The van der Waals surface area contributed by atoms with Crippen molar-refractivity contribution >= 4 is 0 Å². The van der Waals surface area contributed by atoms with Crippen molar-refractivity contribution in [1.82, 2.24) is 0 Å². The largest absolute Gasteiger partial charge is 0.327 e. The normalized spacial score (nSPS) is 30.9. The molecule has 1 heteroatoms. The average molecular weight is 225 g/mol. The predicted octanol–water partition coefficient (Wildman–Crippen LogP) is 4.36.